The third-order valence-corrected chi connectivity index (χ3v) is 9.71. The molecule has 4 aliphatic rings. The van der Waals surface area contributed by atoms with Gasteiger partial charge in [-0.15, -0.1) is 0 Å². The molecule has 3 aliphatic carbocycles. The number of anilines is 1. The van der Waals surface area contributed by atoms with Gasteiger partial charge < -0.3 is 0 Å². The first kappa shape index (κ1) is 21.1. The number of carbonyl (C=O) groups is 2. The molecule has 0 aromatic heterocycles. The minimum Gasteiger partial charge on any atom is -0.274 e. The summed E-state index contributed by atoms with van der Waals surface area (Å²) in [7, 11) is 0. The molecule has 0 radical (unpaired) electrons. The molecule has 1 aliphatic heterocycles. The van der Waals surface area contributed by atoms with Crippen LogP contribution in [0.5, 0.6) is 0 Å². The summed E-state index contributed by atoms with van der Waals surface area (Å²) in [6.45, 7) is 0. The number of halogens is 5. The van der Waals surface area contributed by atoms with E-state index in [1.165, 1.54) is 12.1 Å². The van der Waals surface area contributed by atoms with Crippen molar-refractivity contribution in [2.75, 3.05) is 4.90 Å². The van der Waals surface area contributed by atoms with Gasteiger partial charge in [-0.2, -0.15) is 13.2 Å². The van der Waals surface area contributed by atoms with Crippen molar-refractivity contribution < 1.29 is 22.8 Å². The topological polar surface area (TPSA) is 37.4 Å². The van der Waals surface area contributed by atoms with Crippen LogP contribution in [0.3, 0.4) is 0 Å². The molecule has 1 heterocycles. The van der Waals surface area contributed by atoms with E-state index in [1.54, 1.807) is 0 Å². The first-order valence-corrected chi connectivity index (χ1v) is 11.8. The Morgan fingerprint density at radius 3 is 1.52 bits per heavy atom. The summed E-state index contributed by atoms with van der Waals surface area (Å²) in [5.41, 5.74) is 2.49. The lowest BCUT2D eigenvalue weighted by molar-refractivity contribution is -0.137. The number of hydrogen-bond donors (Lipinski definition) is 0. The summed E-state index contributed by atoms with van der Waals surface area (Å²) < 4.78 is 38.1. The average molecular weight is 577 g/mol. The van der Waals surface area contributed by atoms with Gasteiger partial charge in [0, 0.05) is 0 Å². The minimum atomic E-state index is -4.59. The van der Waals surface area contributed by atoms with Gasteiger partial charge in [-0.1, -0.05) is 86.5 Å². The van der Waals surface area contributed by atoms with E-state index in [0.717, 1.165) is 39.3 Å². The number of benzene rings is 3. The molecule has 2 amide bonds. The number of amides is 2. The van der Waals surface area contributed by atoms with Gasteiger partial charge in [0.25, 0.3) is 0 Å². The third-order valence-electron chi connectivity index (χ3n) is 7.02. The quantitative estimate of drug-likeness (QED) is 0.259. The van der Waals surface area contributed by atoms with Crippen molar-refractivity contribution in [3.8, 4) is 0 Å². The highest BCUT2D eigenvalue weighted by Gasteiger charge is 2.72. The van der Waals surface area contributed by atoms with Gasteiger partial charge in [-0.3, -0.25) is 9.59 Å². The minimum absolute atomic E-state index is 0.0751. The van der Waals surface area contributed by atoms with Crippen LogP contribution in [0.25, 0.3) is 0 Å². The molecule has 3 aromatic rings. The monoisotopic (exact) mass is 575 g/mol. The number of carbonyl (C=O) groups excluding carboxylic acids is 2. The Bertz CT molecular complexity index is 1250. The summed E-state index contributed by atoms with van der Waals surface area (Å²) in [5, 5.41) is 0. The zero-order chi connectivity index (χ0) is 23.3. The summed E-state index contributed by atoms with van der Waals surface area (Å²) in [6, 6.07) is 19.6. The van der Waals surface area contributed by atoms with Gasteiger partial charge in [0.05, 0.1) is 31.7 Å². The second-order valence-corrected chi connectivity index (χ2v) is 11.0. The Balaban J connectivity index is 1.60. The summed E-state index contributed by atoms with van der Waals surface area (Å²) in [4.78, 5) is 28.6. The molecule has 3 aromatic carbocycles. The molecule has 7 rings (SSSR count). The largest absolute Gasteiger partial charge is 0.416 e. The summed E-state index contributed by atoms with van der Waals surface area (Å²) in [5.74, 6) is -2.70. The third kappa shape index (κ3) is 2.46. The molecular weight excluding hydrogens is 563 g/mol. The van der Waals surface area contributed by atoms with Gasteiger partial charge in [0.2, 0.25) is 11.8 Å². The molecule has 2 atom stereocenters. The Labute approximate surface area is 203 Å². The Morgan fingerprint density at radius 2 is 1.12 bits per heavy atom. The fraction of sp³-hybridized carbons (Fsp3) is 0.200. The van der Waals surface area contributed by atoms with Gasteiger partial charge in [-0.05, 0) is 40.5 Å². The Hall–Kier alpha value is -2.45. The van der Waals surface area contributed by atoms with Crippen molar-refractivity contribution in [2.24, 2.45) is 11.8 Å². The second kappa shape index (κ2) is 6.57. The van der Waals surface area contributed by atoms with Crippen LogP contribution in [0.15, 0.2) is 72.8 Å². The first-order valence-electron chi connectivity index (χ1n) is 10.2. The zero-order valence-corrected chi connectivity index (χ0v) is 19.9. The zero-order valence-electron chi connectivity index (χ0n) is 16.7. The molecule has 8 heteroatoms. The number of imide groups is 1. The normalized spacial score (nSPS) is 29.7. The van der Waals surface area contributed by atoms with Crippen molar-refractivity contribution in [3.63, 3.8) is 0 Å². The molecule has 33 heavy (non-hydrogen) atoms. The van der Waals surface area contributed by atoms with E-state index in [-0.39, 0.29) is 5.69 Å². The van der Waals surface area contributed by atoms with Gasteiger partial charge in [-0.25, -0.2) is 4.90 Å². The van der Waals surface area contributed by atoms with Gasteiger partial charge >= 0.3 is 6.18 Å². The number of rotatable bonds is 1. The second-order valence-electron chi connectivity index (χ2n) is 8.53. The summed E-state index contributed by atoms with van der Waals surface area (Å²) in [6.07, 6.45) is -4.59. The number of alkyl halides is 5. The fourth-order valence-corrected chi connectivity index (χ4v) is 8.05. The van der Waals surface area contributed by atoms with E-state index in [4.69, 9.17) is 0 Å². The molecule has 0 saturated carbocycles. The first-order chi connectivity index (χ1) is 15.6. The van der Waals surface area contributed by atoms with Crippen LogP contribution in [0.4, 0.5) is 18.9 Å². The van der Waals surface area contributed by atoms with Crippen LogP contribution in [0.1, 0.15) is 27.8 Å². The summed E-state index contributed by atoms with van der Waals surface area (Å²) >= 11 is 7.75. The highest BCUT2D eigenvalue weighted by Crippen LogP contribution is 2.70. The molecule has 2 bridgehead atoms. The fourth-order valence-electron chi connectivity index (χ4n) is 5.74. The number of nitrogens with zero attached hydrogens (tertiary/aromatic N) is 1. The van der Waals surface area contributed by atoms with Crippen LogP contribution >= 0.6 is 31.9 Å². The molecule has 1 fully saturated rings. The highest BCUT2D eigenvalue weighted by atomic mass is 79.9. The smallest absolute Gasteiger partial charge is 0.274 e. The van der Waals surface area contributed by atoms with Gasteiger partial charge in [0.1, 0.15) is 0 Å². The molecule has 1 saturated heterocycles. The Kier molecular flexibility index (Phi) is 4.20. The maximum atomic E-state index is 13.8. The van der Waals surface area contributed by atoms with Crippen molar-refractivity contribution >= 4 is 49.4 Å². The van der Waals surface area contributed by atoms with Crippen molar-refractivity contribution in [2.45, 2.75) is 14.8 Å². The predicted octanol–water partition coefficient (Wildman–Crippen LogP) is 6.12. The average Bonchev–Trinajstić information content (AvgIpc) is 3.08. The van der Waals surface area contributed by atoms with E-state index in [1.807, 2.05) is 48.5 Å². The maximum Gasteiger partial charge on any atom is 0.416 e. The lowest BCUT2D eigenvalue weighted by Crippen LogP contribution is -2.56. The van der Waals surface area contributed by atoms with Crippen LogP contribution in [0, 0.1) is 11.8 Å². The molecule has 3 nitrogen and oxygen atoms in total. The highest BCUT2D eigenvalue weighted by molar-refractivity contribution is 9.10. The van der Waals surface area contributed by atoms with Crippen LogP contribution in [-0.2, 0) is 24.4 Å². The van der Waals surface area contributed by atoms with Crippen LogP contribution < -0.4 is 4.90 Å². The van der Waals surface area contributed by atoms with E-state index in [0.29, 0.717) is 0 Å². The van der Waals surface area contributed by atoms with Crippen LogP contribution in [0.2, 0.25) is 0 Å². The molecular formula is C25H14Br2F3NO2. The van der Waals surface area contributed by atoms with Crippen LogP contribution in [-0.4, -0.2) is 11.8 Å². The van der Waals surface area contributed by atoms with Crippen molar-refractivity contribution in [1.29, 1.82) is 0 Å². The van der Waals surface area contributed by atoms with Gasteiger partial charge in [0.15, 0.2) is 0 Å². The lowest BCUT2D eigenvalue weighted by Gasteiger charge is -2.55. The maximum absolute atomic E-state index is 13.8. The van der Waals surface area contributed by atoms with E-state index in [9.17, 15) is 22.8 Å². The predicted molar refractivity (Wildman–Crippen MR) is 123 cm³/mol. The van der Waals surface area contributed by atoms with E-state index >= 15 is 0 Å². The SMILES string of the molecule is O=C1[C@H]2[C@H](C(=O)N1c1cccc(C(F)(F)F)c1)C1(Br)c3ccccc3C2(Br)c2ccccc21. The van der Waals surface area contributed by atoms with Crippen molar-refractivity contribution in [1.82, 2.24) is 0 Å². The lowest BCUT2D eigenvalue weighted by atomic mass is 9.54. The van der Waals surface area contributed by atoms with Crippen molar-refractivity contribution in [3.05, 3.63) is 101 Å². The van der Waals surface area contributed by atoms with E-state index < -0.39 is 44.0 Å². The molecule has 0 N–H and O–H groups in total. The van der Waals surface area contributed by atoms with E-state index in [2.05, 4.69) is 31.9 Å². The molecule has 166 valence electrons. The number of hydrogen-bond acceptors (Lipinski definition) is 2. The standard InChI is InChI=1S/C25H14Br2F3NO2/c26-23-15-8-1-2-9-16(15)24(27,18-11-4-3-10-17(18)23)20-19(23)21(32)31(22(20)33)14-7-5-6-13(12-14)25(28,29)30/h1-12,19-20H/t19-,20-,23?,24?/m1/s1. The molecule has 0 spiro atoms. The Morgan fingerprint density at radius 1 is 0.697 bits per heavy atom. The molecule has 0 unspecified atom stereocenters.